The summed E-state index contributed by atoms with van der Waals surface area (Å²) in [4.78, 5) is 32.8. The second-order valence-electron chi connectivity index (χ2n) is 7.87. The van der Waals surface area contributed by atoms with Crippen molar-refractivity contribution in [2.75, 3.05) is 23.8 Å². The van der Waals surface area contributed by atoms with Crippen LogP contribution in [0, 0.1) is 13.8 Å². The number of hydrogen-bond acceptors (Lipinski definition) is 9. The maximum Gasteiger partial charge on any atom is 0.182 e. The van der Waals surface area contributed by atoms with E-state index in [1.54, 1.807) is 6.92 Å². The van der Waals surface area contributed by atoms with Crippen LogP contribution in [0.5, 0.6) is 5.75 Å². The number of Topliss-reactive ketones (excluding diaryl/α,β-unsaturated/α-hetero) is 1. The van der Waals surface area contributed by atoms with Gasteiger partial charge in [0.1, 0.15) is 34.8 Å². The number of rotatable bonds is 3. The number of aromatic nitrogens is 4. The third kappa shape index (κ3) is 3.54. The fraction of sp³-hybridized carbons (Fsp3) is 0.261. The van der Waals surface area contributed by atoms with Crippen LogP contribution < -0.4 is 15.4 Å². The molecule has 0 spiro atoms. The zero-order valence-electron chi connectivity index (χ0n) is 18.0. The van der Waals surface area contributed by atoms with E-state index in [1.165, 1.54) is 17.7 Å². The number of pyridine rings is 1. The van der Waals surface area contributed by atoms with Crippen LogP contribution in [0.25, 0.3) is 21.5 Å². The molecule has 8 nitrogen and oxygen atoms in total. The molecule has 32 heavy (non-hydrogen) atoms. The third-order valence-electron chi connectivity index (χ3n) is 5.59. The Morgan fingerprint density at radius 1 is 1.16 bits per heavy atom. The summed E-state index contributed by atoms with van der Waals surface area (Å²) >= 11 is 1.38. The quantitative estimate of drug-likeness (QED) is 0.472. The molecular weight excluding hydrogens is 424 g/mol. The minimum Gasteiger partial charge on any atom is -0.491 e. The van der Waals surface area contributed by atoms with Crippen molar-refractivity contribution in [3.05, 3.63) is 53.1 Å². The molecule has 1 aromatic carbocycles. The Hall–Kier alpha value is -3.59. The zero-order valence-corrected chi connectivity index (χ0v) is 18.9. The summed E-state index contributed by atoms with van der Waals surface area (Å²) in [5.74, 6) is 1.47. The molecule has 0 fully saturated rings. The van der Waals surface area contributed by atoms with Gasteiger partial charge in [-0.05, 0) is 50.1 Å². The van der Waals surface area contributed by atoms with Crippen molar-refractivity contribution in [1.29, 1.82) is 0 Å². The van der Waals surface area contributed by atoms with Gasteiger partial charge in [-0.1, -0.05) is 11.3 Å². The minimum atomic E-state index is -0.0460. The van der Waals surface area contributed by atoms with Crippen molar-refractivity contribution in [1.82, 2.24) is 19.9 Å². The van der Waals surface area contributed by atoms with Crippen LogP contribution in [0.1, 0.15) is 34.1 Å². The summed E-state index contributed by atoms with van der Waals surface area (Å²) in [6, 6.07) is 6.22. The largest absolute Gasteiger partial charge is 0.491 e. The van der Waals surface area contributed by atoms with Crippen LogP contribution in [0.15, 0.2) is 30.7 Å². The van der Waals surface area contributed by atoms with Gasteiger partial charge < -0.3 is 15.4 Å². The Bertz CT molecular complexity index is 1370. The van der Waals surface area contributed by atoms with Gasteiger partial charge in [0, 0.05) is 23.9 Å². The first-order valence-corrected chi connectivity index (χ1v) is 11.1. The van der Waals surface area contributed by atoms with Crippen molar-refractivity contribution < 1.29 is 9.53 Å². The van der Waals surface area contributed by atoms with Gasteiger partial charge in [-0.2, -0.15) is 0 Å². The monoisotopic (exact) mass is 446 g/mol. The smallest absolute Gasteiger partial charge is 0.182 e. The summed E-state index contributed by atoms with van der Waals surface area (Å²) in [5, 5.41) is 0.508. The molecule has 0 amide bonds. The standard InChI is InChI=1S/C23H22N6O2S/c1-12-6-15(16-8-18-22(25-9-16)32-23(24)28-18)7-17-10-29(4-5-31-20(12)17)21-19(14(3)30)13(2)26-11-27-21/h6-9,11H,4-5,10H2,1-3H3,(H2,24,28). The number of fused-ring (bicyclic) bond motifs is 2. The van der Waals surface area contributed by atoms with E-state index in [9.17, 15) is 4.79 Å². The third-order valence-corrected chi connectivity index (χ3v) is 6.39. The van der Waals surface area contributed by atoms with E-state index < -0.39 is 0 Å². The van der Waals surface area contributed by atoms with E-state index in [2.05, 4.69) is 37.0 Å². The van der Waals surface area contributed by atoms with Gasteiger partial charge in [-0.25, -0.2) is 19.9 Å². The number of ether oxygens (including phenoxy) is 1. The van der Waals surface area contributed by atoms with E-state index in [-0.39, 0.29) is 5.78 Å². The van der Waals surface area contributed by atoms with Crippen molar-refractivity contribution in [2.45, 2.75) is 27.3 Å². The number of nitrogen functional groups attached to an aromatic ring is 1. The normalized spacial score (nSPS) is 13.5. The molecular formula is C23H22N6O2S. The molecule has 5 rings (SSSR count). The highest BCUT2D eigenvalue weighted by Gasteiger charge is 2.24. The Kier molecular flexibility index (Phi) is 4.97. The molecule has 1 aliphatic rings. The SMILES string of the molecule is CC(=O)c1c(C)ncnc1N1CCOc2c(C)cc(-c3cnc4sc(N)nc4c3)cc2C1. The predicted octanol–water partition coefficient (Wildman–Crippen LogP) is 3.95. The Labute approximate surface area is 189 Å². The van der Waals surface area contributed by atoms with E-state index in [0.717, 1.165) is 38.4 Å². The maximum atomic E-state index is 12.3. The lowest BCUT2D eigenvalue weighted by molar-refractivity contribution is 0.101. The van der Waals surface area contributed by atoms with Gasteiger partial charge in [0.25, 0.3) is 0 Å². The molecule has 162 valence electrons. The lowest BCUT2D eigenvalue weighted by Crippen LogP contribution is -2.28. The topological polar surface area (TPSA) is 107 Å². The average Bonchev–Trinajstić information content (AvgIpc) is 2.98. The summed E-state index contributed by atoms with van der Waals surface area (Å²) in [5.41, 5.74) is 11.9. The Morgan fingerprint density at radius 2 is 2.00 bits per heavy atom. The number of carbonyl (C=O) groups is 1. The fourth-order valence-electron chi connectivity index (χ4n) is 4.17. The summed E-state index contributed by atoms with van der Waals surface area (Å²) in [6.07, 6.45) is 3.35. The first-order chi connectivity index (χ1) is 15.4. The minimum absolute atomic E-state index is 0.0460. The maximum absolute atomic E-state index is 12.3. The van der Waals surface area contributed by atoms with E-state index >= 15 is 0 Å². The van der Waals surface area contributed by atoms with Gasteiger partial charge >= 0.3 is 0 Å². The van der Waals surface area contributed by atoms with Gasteiger partial charge in [-0.3, -0.25) is 4.79 Å². The number of aryl methyl sites for hydroxylation is 2. The van der Waals surface area contributed by atoms with Crippen molar-refractivity contribution in [2.24, 2.45) is 0 Å². The molecule has 0 radical (unpaired) electrons. The lowest BCUT2D eigenvalue weighted by Gasteiger charge is -2.23. The van der Waals surface area contributed by atoms with Crippen LogP contribution in [-0.4, -0.2) is 38.9 Å². The number of anilines is 2. The van der Waals surface area contributed by atoms with Gasteiger partial charge in [0.15, 0.2) is 10.9 Å². The number of hydrogen-bond donors (Lipinski definition) is 1. The molecule has 9 heteroatoms. The van der Waals surface area contributed by atoms with E-state index in [1.807, 2.05) is 26.1 Å². The van der Waals surface area contributed by atoms with Crippen LogP contribution >= 0.6 is 11.3 Å². The van der Waals surface area contributed by atoms with Gasteiger partial charge in [-0.15, -0.1) is 0 Å². The van der Waals surface area contributed by atoms with Crippen molar-refractivity contribution >= 4 is 38.4 Å². The molecule has 2 N–H and O–H groups in total. The number of nitrogens with two attached hydrogens (primary N) is 1. The number of carbonyl (C=O) groups excluding carboxylic acids is 1. The molecule has 1 aliphatic heterocycles. The van der Waals surface area contributed by atoms with E-state index in [4.69, 9.17) is 10.5 Å². The van der Waals surface area contributed by atoms with E-state index in [0.29, 0.717) is 41.9 Å². The predicted molar refractivity (Wildman–Crippen MR) is 125 cm³/mol. The Morgan fingerprint density at radius 3 is 2.81 bits per heavy atom. The van der Waals surface area contributed by atoms with Crippen LogP contribution in [0.2, 0.25) is 0 Å². The summed E-state index contributed by atoms with van der Waals surface area (Å²) in [7, 11) is 0. The molecule has 0 aliphatic carbocycles. The molecule has 0 atom stereocenters. The molecule has 0 bridgehead atoms. The van der Waals surface area contributed by atoms with Crippen LogP contribution in [0.3, 0.4) is 0 Å². The highest BCUT2D eigenvalue weighted by atomic mass is 32.1. The zero-order chi connectivity index (χ0) is 22.4. The van der Waals surface area contributed by atoms with Crippen molar-refractivity contribution in [3.8, 4) is 16.9 Å². The molecule has 4 heterocycles. The first kappa shape index (κ1) is 20.3. The van der Waals surface area contributed by atoms with Gasteiger partial charge in [0.05, 0.1) is 17.8 Å². The van der Waals surface area contributed by atoms with Crippen LogP contribution in [-0.2, 0) is 6.54 Å². The second kappa shape index (κ2) is 7.83. The summed E-state index contributed by atoms with van der Waals surface area (Å²) in [6.45, 7) is 7.11. The molecule has 4 aromatic rings. The number of thiazole rings is 1. The molecule has 0 saturated carbocycles. The number of benzene rings is 1. The van der Waals surface area contributed by atoms with Crippen molar-refractivity contribution in [3.63, 3.8) is 0 Å². The first-order valence-electron chi connectivity index (χ1n) is 10.3. The molecule has 3 aromatic heterocycles. The highest BCUT2D eigenvalue weighted by molar-refractivity contribution is 7.21. The molecule has 0 saturated heterocycles. The van der Waals surface area contributed by atoms with Gasteiger partial charge in [0.2, 0.25) is 0 Å². The average molecular weight is 447 g/mol. The summed E-state index contributed by atoms with van der Waals surface area (Å²) < 4.78 is 6.11. The number of nitrogens with zero attached hydrogens (tertiary/aromatic N) is 5. The van der Waals surface area contributed by atoms with Crippen LogP contribution in [0.4, 0.5) is 10.9 Å². The fourth-order valence-corrected chi connectivity index (χ4v) is 4.83. The Balaban J connectivity index is 1.57. The number of ketones is 1. The lowest BCUT2D eigenvalue weighted by atomic mass is 9.99. The molecule has 0 unspecified atom stereocenters. The second-order valence-corrected chi connectivity index (χ2v) is 8.87. The highest BCUT2D eigenvalue weighted by Crippen LogP contribution is 2.35.